The van der Waals surface area contributed by atoms with Crippen LogP contribution in [0, 0.1) is 7.40 Å². The standard InChI is InChI=1S/C10H15I2N3O2/c1-10(2,3)17-9(16)6(13)4-15-5-14-7(11)8(15)12/h5-6H,4,13H2,1-3H3. The molecule has 0 saturated carbocycles. The molecule has 0 radical (unpaired) electrons. The molecule has 0 fully saturated rings. The third-order valence-electron chi connectivity index (χ3n) is 1.84. The number of imidazole rings is 1. The van der Waals surface area contributed by atoms with Crippen molar-refractivity contribution in [3.05, 3.63) is 13.7 Å². The van der Waals surface area contributed by atoms with Crippen molar-refractivity contribution in [2.24, 2.45) is 5.73 Å². The summed E-state index contributed by atoms with van der Waals surface area (Å²) < 4.78 is 8.94. The molecular formula is C10H15I2N3O2. The lowest BCUT2D eigenvalue weighted by atomic mass is 10.2. The van der Waals surface area contributed by atoms with Gasteiger partial charge in [0.05, 0.1) is 12.9 Å². The van der Waals surface area contributed by atoms with E-state index in [9.17, 15) is 4.79 Å². The zero-order chi connectivity index (χ0) is 13.2. The Morgan fingerprint density at radius 2 is 2.18 bits per heavy atom. The van der Waals surface area contributed by atoms with Gasteiger partial charge in [0, 0.05) is 0 Å². The summed E-state index contributed by atoms with van der Waals surface area (Å²) in [6, 6.07) is -0.673. The molecule has 0 aliphatic carbocycles. The lowest BCUT2D eigenvalue weighted by Gasteiger charge is -2.22. The SMILES string of the molecule is CC(C)(C)OC(=O)C(N)Cn1cnc(I)c1I. The summed E-state index contributed by atoms with van der Waals surface area (Å²) in [4.78, 5) is 15.8. The van der Waals surface area contributed by atoms with Gasteiger partial charge in [0.15, 0.2) is 0 Å². The summed E-state index contributed by atoms with van der Waals surface area (Å²) >= 11 is 4.31. The van der Waals surface area contributed by atoms with Crippen LogP contribution in [0.2, 0.25) is 0 Å². The number of nitrogens with two attached hydrogens (primary N) is 1. The molecule has 0 amide bonds. The maximum absolute atomic E-state index is 11.7. The monoisotopic (exact) mass is 463 g/mol. The van der Waals surface area contributed by atoms with E-state index in [1.54, 1.807) is 6.33 Å². The van der Waals surface area contributed by atoms with Gasteiger partial charge in [-0.15, -0.1) is 0 Å². The van der Waals surface area contributed by atoms with Gasteiger partial charge in [-0.25, -0.2) is 4.98 Å². The second-order valence-electron chi connectivity index (χ2n) is 4.62. The number of carbonyl (C=O) groups excluding carboxylic acids is 1. The van der Waals surface area contributed by atoms with Crippen molar-refractivity contribution >= 4 is 51.2 Å². The van der Waals surface area contributed by atoms with Gasteiger partial charge in [-0.1, -0.05) is 0 Å². The van der Waals surface area contributed by atoms with E-state index in [4.69, 9.17) is 10.5 Å². The Balaban J connectivity index is 2.63. The molecule has 17 heavy (non-hydrogen) atoms. The molecule has 0 aromatic carbocycles. The Hall–Kier alpha value is 0.100. The molecule has 1 atom stereocenters. The van der Waals surface area contributed by atoms with Crippen LogP contribution >= 0.6 is 45.2 Å². The highest BCUT2D eigenvalue weighted by Crippen LogP contribution is 2.14. The Morgan fingerprint density at radius 3 is 2.59 bits per heavy atom. The minimum absolute atomic E-state index is 0.378. The fourth-order valence-corrected chi connectivity index (χ4v) is 2.03. The first kappa shape index (κ1) is 15.2. The molecule has 7 heteroatoms. The van der Waals surface area contributed by atoms with Gasteiger partial charge in [-0.05, 0) is 66.0 Å². The van der Waals surface area contributed by atoms with Crippen LogP contribution in [-0.4, -0.2) is 27.2 Å². The molecular weight excluding hydrogens is 448 g/mol. The second kappa shape index (κ2) is 5.83. The Labute approximate surface area is 128 Å². The van der Waals surface area contributed by atoms with Crippen LogP contribution in [-0.2, 0) is 16.1 Å². The number of esters is 1. The molecule has 5 nitrogen and oxygen atoms in total. The Bertz CT molecular complexity index is 412. The van der Waals surface area contributed by atoms with Gasteiger partial charge >= 0.3 is 5.97 Å². The smallest absolute Gasteiger partial charge is 0.325 e. The average Bonchev–Trinajstić information content (AvgIpc) is 2.47. The fourth-order valence-electron chi connectivity index (χ4n) is 1.13. The van der Waals surface area contributed by atoms with E-state index in [1.807, 2.05) is 25.3 Å². The van der Waals surface area contributed by atoms with Crippen LogP contribution in [0.25, 0.3) is 0 Å². The van der Waals surface area contributed by atoms with Crippen molar-refractivity contribution in [3.8, 4) is 0 Å². The van der Waals surface area contributed by atoms with Crippen LogP contribution < -0.4 is 5.73 Å². The highest BCUT2D eigenvalue weighted by molar-refractivity contribution is 14.1. The first-order chi connectivity index (χ1) is 7.70. The maximum Gasteiger partial charge on any atom is 0.325 e. The second-order valence-corrected chi connectivity index (χ2v) is 6.66. The van der Waals surface area contributed by atoms with E-state index in [0.29, 0.717) is 6.54 Å². The van der Waals surface area contributed by atoms with Crippen molar-refractivity contribution in [3.63, 3.8) is 0 Å². The van der Waals surface area contributed by atoms with E-state index < -0.39 is 17.6 Å². The molecule has 1 aromatic heterocycles. The summed E-state index contributed by atoms with van der Waals surface area (Å²) in [6.07, 6.45) is 1.67. The topological polar surface area (TPSA) is 70.1 Å². The third-order valence-corrected chi connectivity index (χ3v) is 4.79. The predicted octanol–water partition coefficient (Wildman–Crippen LogP) is 1.76. The number of rotatable bonds is 3. The Kier molecular flexibility index (Phi) is 5.20. The average molecular weight is 463 g/mol. The van der Waals surface area contributed by atoms with Gasteiger partial charge in [0.1, 0.15) is 19.0 Å². The van der Waals surface area contributed by atoms with E-state index in [2.05, 4.69) is 50.2 Å². The molecule has 1 heterocycles. The molecule has 2 N–H and O–H groups in total. The normalized spacial score (nSPS) is 13.5. The summed E-state index contributed by atoms with van der Waals surface area (Å²) in [5, 5.41) is 0. The molecule has 0 bridgehead atoms. The van der Waals surface area contributed by atoms with Crippen LogP contribution in [0.4, 0.5) is 0 Å². The van der Waals surface area contributed by atoms with Gasteiger partial charge in [0.25, 0.3) is 0 Å². The van der Waals surface area contributed by atoms with Crippen LogP contribution in [0.15, 0.2) is 6.33 Å². The number of hydrogen-bond donors (Lipinski definition) is 1. The van der Waals surface area contributed by atoms with Gasteiger partial charge in [0.2, 0.25) is 0 Å². The maximum atomic E-state index is 11.7. The quantitative estimate of drug-likeness (QED) is 0.549. The minimum Gasteiger partial charge on any atom is -0.459 e. The highest BCUT2D eigenvalue weighted by atomic mass is 127. The molecule has 0 aliphatic rings. The highest BCUT2D eigenvalue weighted by Gasteiger charge is 2.23. The molecule has 1 unspecified atom stereocenters. The number of halogens is 2. The van der Waals surface area contributed by atoms with E-state index in [0.717, 1.165) is 7.40 Å². The largest absolute Gasteiger partial charge is 0.459 e. The van der Waals surface area contributed by atoms with Crippen molar-refractivity contribution in [2.45, 2.75) is 39.0 Å². The number of carbonyl (C=O) groups is 1. The molecule has 96 valence electrons. The third kappa shape index (κ3) is 4.70. The predicted molar refractivity (Wildman–Crippen MR) is 81.5 cm³/mol. The van der Waals surface area contributed by atoms with Crippen LogP contribution in [0.3, 0.4) is 0 Å². The lowest BCUT2D eigenvalue weighted by Crippen LogP contribution is -2.40. The first-order valence-electron chi connectivity index (χ1n) is 5.05. The summed E-state index contributed by atoms with van der Waals surface area (Å²) in [6.45, 7) is 5.84. The molecule has 0 aliphatic heterocycles. The van der Waals surface area contributed by atoms with E-state index in [1.165, 1.54) is 0 Å². The van der Waals surface area contributed by atoms with Crippen LogP contribution in [0.1, 0.15) is 20.8 Å². The summed E-state index contributed by atoms with van der Waals surface area (Å²) in [5.41, 5.74) is 5.30. The van der Waals surface area contributed by atoms with Crippen molar-refractivity contribution < 1.29 is 9.53 Å². The van der Waals surface area contributed by atoms with Crippen molar-refractivity contribution in [1.29, 1.82) is 0 Å². The van der Waals surface area contributed by atoms with E-state index in [-0.39, 0.29) is 0 Å². The molecule has 0 spiro atoms. The zero-order valence-electron chi connectivity index (χ0n) is 9.91. The lowest BCUT2D eigenvalue weighted by molar-refractivity contribution is -0.156. The minimum atomic E-state index is -0.673. The van der Waals surface area contributed by atoms with Gasteiger partial charge in [-0.2, -0.15) is 0 Å². The number of hydrogen-bond acceptors (Lipinski definition) is 4. The first-order valence-corrected chi connectivity index (χ1v) is 7.21. The fraction of sp³-hybridized carbons (Fsp3) is 0.600. The van der Waals surface area contributed by atoms with Crippen molar-refractivity contribution in [1.82, 2.24) is 9.55 Å². The molecule has 1 rings (SSSR count). The number of nitrogens with zero attached hydrogens (tertiary/aromatic N) is 2. The number of aromatic nitrogens is 2. The van der Waals surface area contributed by atoms with E-state index >= 15 is 0 Å². The van der Waals surface area contributed by atoms with Crippen LogP contribution in [0.5, 0.6) is 0 Å². The zero-order valence-corrected chi connectivity index (χ0v) is 14.2. The molecule has 1 aromatic rings. The van der Waals surface area contributed by atoms with Gasteiger partial charge in [-0.3, -0.25) is 4.79 Å². The summed E-state index contributed by atoms with van der Waals surface area (Å²) in [5.74, 6) is -0.392. The number of ether oxygens (including phenoxy) is 1. The van der Waals surface area contributed by atoms with Crippen molar-refractivity contribution in [2.75, 3.05) is 0 Å². The Morgan fingerprint density at radius 1 is 1.59 bits per heavy atom. The summed E-state index contributed by atoms with van der Waals surface area (Å²) in [7, 11) is 0. The molecule has 0 saturated heterocycles. The van der Waals surface area contributed by atoms with Gasteiger partial charge < -0.3 is 15.0 Å².